The molecule has 2 nitrogen and oxygen atoms in total. The predicted octanol–water partition coefficient (Wildman–Crippen LogP) is 2.81. The summed E-state index contributed by atoms with van der Waals surface area (Å²) in [5.41, 5.74) is 2.51. The van der Waals surface area contributed by atoms with Gasteiger partial charge in [0.2, 0.25) is 0 Å². The molecule has 0 bridgehead atoms. The second kappa shape index (κ2) is 6.74. The zero-order valence-electron chi connectivity index (χ0n) is 11.3. The van der Waals surface area contributed by atoms with Gasteiger partial charge in [-0.2, -0.15) is 0 Å². The molecule has 20 heavy (non-hydrogen) atoms. The Hall–Kier alpha value is -2.31. The van der Waals surface area contributed by atoms with Crippen molar-refractivity contribution in [2.45, 2.75) is 6.54 Å². The van der Waals surface area contributed by atoms with Crippen LogP contribution in [0.15, 0.2) is 48.5 Å². The van der Waals surface area contributed by atoms with Crippen molar-refractivity contribution in [3.63, 3.8) is 0 Å². The lowest BCUT2D eigenvalue weighted by Crippen LogP contribution is -2.17. The summed E-state index contributed by atoms with van der Waals surface area (Å²) in [4.78, 5) is 1.86. The van der Waals surface area contributed by atoms with Crippen molar-refractivity contribution in [3.8, 4) is 11.8 Å². The Morgan fingerprint density at radius 2 is 1.80 bits per heavy atom. The average molecular weight is 269 g/mol. The second-order valence-corrected chi connectivity index (χ2v) is 4.46. The van der Waals surface area contributed by atoms with Crippen molar-refractivity contribution in [1.29, 1.82) is 0 Å². The number of anilines is 1. The summed E-state index contributed by atoms with van der Waals surface area (Å²) in [5.74, 6) is 5.22. The number of halogens is 1. The first-order valence-corrected chi connectivity index (χ1v) is 6.35. The standard InChI is InChI=1S/C17H16FNO/c1-19(17-7-3-2-6-16(17)18)13-15-10-8-14(9-11-15)5-4-12-20/h2-3,6-11,20H,12-13H2,1H3. The third-order valence-corrected chi connectivity index (χ3v) is 2.95. The fraction of sp³-hybridized carbons (Fsp3) is 0.176. The number of hydrogen-bond donors (Lipinski definition) is 1. The van der Waals surface area contributed by atoms with Crippen molar-refractivity contribution in [2.75, 3.05) is 18.6 Å². The molecule has 0 unspecified atom stereocenters. The molecule has 0 aromatic heterocycles. The molecular formula is C17H16FNO. The largest absolute Gasteiger partial charge is 0.384 e. The van der Waals surface area contributed by atoms with Gasteiger partial charge >= 0.3 is 0 Å². The molecule has 2 rings (SSSR count). The number of nitrogens with zero attached hydrogens (tertiary/aromatic N) is 1. The van der Waals surface area contributed by atoms with Crippen LogP contribution in [0.4, 0.5) is 10.1 Å². The summed E-state index contributed by atoms with van der Waals surface area (Å²) in [6.07, 6.45) is 0. The van der Waals surface area contributed by atoms with E-state index in [0.29, 0.717) is 12.2 Å². The lowest BCUT2D eigenvalue weighted by molar-refractivity contribution is 0.350. The van der Waals surface area contributed by atoms with Gasteiger partial charge in [-0.3, -0.25) is 0 Å². The van der Waals surface area contributed by atoms with E-state index in [9.17, 15) is 4.39 Å². The molecule has 0 heterocycles. The highest BCUT2D eigenvalue weighted by Crippen LogP contribution is 2.19. The van der Waals surface area contributed by atoms with E-state index in [4.69, 9.17) is 5.11 Å². The van der Waals surface area contributed by atoms with E-state index in [0.717, 1.165) is 11.1 Å². The Labute approximate surface area is 118 Å². The van der Waals surface area contributed by atoms with Gasteiger partial charge in [0.05, 0.1) is 5.69 Å². The first kappa shape index (κ1) is 14.1. The number of benzene rings is 2. The molecule has 0 spiro atoms. The maximum Gasteiger partial charge on any atom is 0.146 e. The number of para-hydroxylation sites is 1. The van der Waals surface area contributed by atoms with E-state index in [1.54, 1.807) is 12.1 Å². The van der Waals surface area contributed by atoms with Gasteiger partial charge < -0.3 is 10.0 Å². The van der Waals surface area contributed by atoms with E-state index < -0.39 is 0 Å². The Bertz CT molecular complexity index is 625. The summed E-state index contributed by atoms with van der Waals surface area (Å²) in [5, 5.41) is 8.64. The van der Waals surface area contributed by atoms with E-state index in [2.05, 4.69) is 11.8 Å². The summed E-state index contributed by atoms with van der Waals surface area (Å²) in [6.45, 7) is 0.479. The minimum Gasteiger partial charge on any atom is -0.384 e. The molecule has 0 aliphatic carbocycles. The normalized spacial score (nSPS) is 9.75. The van der Waals surface area contributed by atoms with Gasteiger partial charge in [-0.1, -0.05) is 36.1 Å². The quantitative estimate of drug-likeness (QED) is 0.866. The SMILES string of the molecule is CN(Cc1ccc(C#CCO)cc1)c1ccccc1F. The fourth-order valence-electron chi connectivity index (χ4n) is 1.96. The van der Waals surface area contributed by atoms with Crippen LogP contribution in [0.2, 0.25) is 0 Å². The van der Waals surface area contributed by atoms with Crippen LogP contribution in [0, 0.1) is 17.7 Å². The fourth-order valence-corrected chi connectivity index (χ4v) is 1.96. The van der Waals surface area contributed by atoms with Crippen LogP contribution in [0.3, 0.4) is 0 Å². The van der Waals surface area contributed by atoms with Gasteiger partial charge in [-0.05, 0) is 29.8 Å². The number of hydrogen-bond acceptors (Lipinski definition) is 2. The van der Waals surface area contributed by atoms with Gasteiger partial charge in [0.1, 0.15) is 12.4 Å². The van der Waals surface area contributed by atoms with Crippen molar-refractivity contribution in [3.05, 3.63) is 65.5 Å². The topological polar surface area (TPSA) is 23.5 Å². The zero-order valence-corrected chi connectivity index (χ0v) is 11.3. The van der Waals surface area contributed by atoms with Crippen molar-refractivity contribution in [1.82, 2.24) is 0 Å². The molecule has 3 heteroatoms. The third-order valence-electron chi connectivity index (χ3n) is 2.95. The molecule has 0 aliphatic rings. The first-order chi connectivity index (χ1) is 9.70. The molecule has 0 aliphatic heterocycles. The highest BCUT2D eigenvalue weighted by atomic mass is 19.1. The molecule has 0 saturated carbocycles. The van der Waals surface area contributed by atoms with Gasteiger partial charge in [0.15, 0.2) is 0 Å². The molecule has 2 aromatic carbocycles. The van der Waals surface area contributed by atoms with Crippen LogP contribution in [0.1, 0.15) is 11.1 Å². The summed E-state index contributed by atoms with van der Waals surface area (Å²) >= 11 is 0. The van der Waals surface area contributed by atoms with Crippen LogP contribution >= 0.6 is 0 Å². The molecule has 102 valence electrons. The van der Waals surface area contributed by atoms with Crippen LogP contribution in [-0.2, 0) is 6.54 Å². The lowest BCUT2D eigenvalue weighted by atomic mass is 10.1. The summed E-state index contributed by atoms with van der Waals surface area (Å²) in [7, 11) is 1.86. The number of rotatable bonds is 3. The van der Waals surface area contributed by atoms with E-state index in [-0.39, 0.29) is 12.4 Å². The number of aliphatic hydroxyl groups is 1. The minimum atomic E-state index is -0.222. The Morgan fingerprint density at radius 1 is 1.10 bits per heavy atom. The molecule has 1 N–H and O–H groups in total. The molecule has 0 fully saturated rings. The molecule has 0 amide bonds. The highest BCUT2D eigenvalue weighted by Gasteiger charge is 2.06. The van der Waals surface area contributed by atoms with Crippen molar-refractivity contribution < 1.29 is 9.50 Å². The highest BCUT2D eigenvalue weighted by molar-refractivity contribution is 5.47. The maximum absolute atomic E-state index is 13.7. The Balaban J connectivity index is 2.08. The monoisotopic (exact) mass is 269 g/mol. The van der Waals surface area contributed by atoms with Crippen LogP contribution in [-0.4, -0.2) is 18.8 Å². The Kier molecular flexibility index (Phi) is 4.75. The van der Waals surface area contributed by atoms with Gasteiger partial charge in [-0.15, -0.1) is 0 Å². The third kappa shape index (κ3) is 3.59. The molecule has 2 aromatic rings. The lowest BCUT2D eigenvalue weighted by Gasteiger charge is -2.20. The van der Waals surface area contributed by atoms with Crippen molar-refractivity contribution >= 4 is 5.69 Å². The molecular weight excluding hydrogens is 253 g/mol. The van der Waals surface area contributed by atoms with Crippen LogP contribution in [0.5, 0.6) is 0 Å². The predicted molar refractivity (Wildman–Crippen MR) is 78.9 cm³/mol. The average Bonchev–Trinajstić information content (AvgIpc) is 2.47. The molecule has 0 saturated heterocycles. The zero-order chi connectivity index (χ0) is 14.4. The van der Waals surface area contributed by atoms with Gasteiger partial charge in [-0.25, -0.2) is 4.39 Å². The van der Waals surface area contributed by atoms with Gasteiger partial charge in [0, 0.05) is 19.2 Å². The molecule has 0 atom stereocenters. The summed E-state index contributed by atoms with van der Waals surface area (Å²) in [6, 6.07) is 14.4. The van der Waals surface area contributed by atoms with E-state index in [1.165, 1.54) is 6.07 Å². The maximum atomic E-state index is 13.7. The van der Waals surface area contributed by atoms with Crippen molar-refractivity contribution in [2.24, 2.45) is 0 Å². The minimum absolute atomic E-state index is 0.141. The van der Waals surface area contributed by atoms with Crippen LogP contribution < -0.4 is 4.90 Å². The summed E-state index contributed by atoms with van der Waals surface area (Å²) < 4.78 is 13.7. The number of aliphatic hydroxyl groups excluding tert-OH is 1. The van der Waals surface area contributed by atoms with E-state index in [1.807, 2.05) is 42.3 Å². The Morgan fingerprint density at radius 3 is 2.45 bits per heavy atom. The van der Waals surface area contributed by atoms with E-state index >= 15 is 0 Å². The molecule has 0 radical (unpaired) electrons. The second-order valence-electron chi connectivity index (χ2n) is 4.46. The van der Waals surface area contributed by atoms with Gasteiger partial charge in [0.25, 0.3) is 0 Å². The smallest absolute Gasteiger partial charge is 0.146 e. The van der Waals surface area contributed by atoms with Crippen LogP contribution in [0.25, 0.3) is 0 Å². The first-order valence-electron chi connectivity index (χ1n) is 6.35.